The molecule has 2 heteroatoms. The van der Waals surface area contributed by atoms with Gasteiger partial charge in [-0.25, -0.2) is 0 Å². The number of amides is 1. The normalized spacial score (nSPS) is 28.5. The summed E-state index contributed by atoms with van der Waals surface area (Å²) in [7, 11) is 0. The molecule has 4 aliphatic rings. The van der Waals surface area contributed by atoms with E-state index in [1.54, 1.807) is 0 Å². The van der Waals surface area contributed by atoms with E-state index in [1.165, 1.54) is 41.5 Å². The second kappa shape index (κ2) is 7.39. The van der Waals surface area contributed by atoms with E-state index >= 15 is 0 Å². The molecule has 0 aliphatic heterocycles. The first-order valence-electron chi connectivity index (χ1n) is 11.3. The Balaban J connectivity index is 1.57. The summed E-state index contributed by atoms with van der Waals surface area (Å²) in [6.45, 7) is 2.26. The Hall–Kier alpha value is -2.09. The Bertz CT molecular complexity index is 819. The lowest BCUT2D eigenvalue weighted by Crippen LogP contribution is -2.50. The quantitative estimate of drug-likeness (QED) is 0.725. The first-order chi connectivity index (χ1) is 13.8. The molecule has 0 heterocycles. The molecule has 146 valence electrons. The van der Waals surface area contributed by atoms with Gasteiger partial charge in [-0.1, -0.05) is 81.1 Å². The Morgan fingerprint density at radius 3 is 1.93 bits per heavy atom. The molecule has 0 radical (unpaired) electrons. The van der Waals surface area contributed by atoms with Crippen molar-refractivity contribution < 1.29 is 4.79 Å². The van der Waals surface area contributed by atoms with Crippen LogP contribution < -0.4 is 5.32 Å². The van der Waals surface area contributed by atoms with E-state index in [9.17, 15) is 4.79 Å². The van der Waals surface area contributed by atoms with Gasteiger partial charge in [-0.05, 0) is 47.4 Å². The third kappa shape index (κ3) is 2.80. The van der Waals surface area contributed by atoms with E-state index in [1.807, 2.05) is 0 Å². The third-order valence-corrected chi connectivity index (χ3v) is 7.46. The molecule has 2 aromatic carbocycles. The molecular formula is C26H31NO. The third-order valence-electron chi connectivity index (χ3n) is 7.46. The van der Waals surface area contributed by atoms with Crippen molar-refractivity contribution in [2.24, 2.45) is 11.8 Å². The Kier molecular flexibility index (Phi) is 4.74. The van der Waals surface area contributed by atoms with Crippen LogP contribution in [0.25, 0.3) is 0 Å². The number of rotatable bonds is 4. The first-order valence-corrected chi connectivity index (χ1v) is 11.3. The van der Waals surface area contributed by atoms with Crippen molar-refractivity contribution in [3.63, 3.8) is 0 Å². The fourth-order valence-electron chi connectivity index (χ4n) is 6.36. The predicted octanol–water partition coefficient (Wildman–Crippen LogP) is 5.76. The Morgan fingerprint density at radius 1 is 0.857 bits per heavy atom. The van der Waals surface area contributed by atoms with Crippen LogP contribution in [-0.4, -0.2) is 11.9 Å². The highest BCUT2D eigenvalue weighted by Crippen LogP contribution is 2.59. The zero-order valence-electron chi connectivity index (χ0n) is 16.9. The fraction of sp³-hybridized carbons (Fsp3) is 0.500. The smallest absolute Gasteiger partial charge is 0.224 e. The average molecular weight is 374 g/mol. The van der Waals surface area contributed by atoms with Gasteiger partial charge in [-0.15, -0.1) is 0 Å². The van der Waals surface area contributed by atoms with Crippen molar-refractivity contribution in [1.29, 1.82) is 0 Å². The number of hydrogen-bond donors (Lipinski definition) is 1. The van der Waals surface area contributed by atoms with Crippen LogP contribution in [-0.2, 0) is 4.79 Å². The molecule has 0 saturated heterocycles. The van der Waals surface area contributed by atoms with Gasteiger partial charge in [-0.3, -0.25) is 4.79 Å². The van der Waals surface area contributed by atoms with E-state index in [4.69, 9.17) is 0 Å². The van der Waals surface area contributed by atoms with Crippen LogP contribution in [0.1, 0.15) is 86.0 Å². The number of carbonyl (C=O) groups excluding carboxylic acids is 1. The van der Waals surface area contributed by atoms with Gasteiger partial charge in [0.15, 0.2) is 0 Å². The van der Waals surface area contributed by atoms with Gasteiger partial charge in [0, 0.05) is 17.9 Å². The minimum absolute atomic E-state index is 0.0664. The monoisotopic (exact) mass is 373 g/mol. The number of nitrogens with one attached hydrogen (secondary N) is 1. The molecule has 0 unspecified atom stereocenters. The highest BCUT2D eigenvalue weighted by atomic mass is 16.2. The molecule has 2 atom stereocenters. The molecule has 4 aliphatic carbocycles. The summed E-state index contributed by atoms with van der Waals surface area (Å²) in [5.74, 6) is 1.35. The van der Waals surface area contributed by atoms with Crippen LogP contribution in [0.15, 0.2) is 48.5 Å². The molecule has 0 aromatic heterocycles. The number of benzene rings is 2. The highest BCUT2D eigenvalue weighted by molar-refractivity contribution is 5.83. The van der Waals surface area contributed by atoms with E-state index < -0.39 is 0 Å². The van der Waals surface area contributed by atoms with Crippen LogP contribution in [0.5, 0.6) is 0 Å². The topological polar surface area (TPSA) is 29.1 Å². The second-order valence-corrected chi connectivity index (χ2v) is 9.04. The molecule has 2 bridgehead atoms. The summed E-state index contributed by atoms with van der Waals surface area (Å²) < 4.78 is 0. The molecule has 6 rings (SSSR count). The van der Waals surface area contributed by atoms with Gasteiger partial charge >= 0.3 is 0 Å². The van der Waals surface area contributed by atoms with Crippen molar-refractivity contribution in [3.8, 4) is 0 Å². The fourth-order valence-corrected chi connectivity index (χ4v) is 6.36. The van der Waals surface area contributed by atoms with Gasteiger partial charge < -0.3 is 5.32 Å². The zero-order valence-corrected chi connectivity index (χ0v) is 16.9. The number of carbonyl (C=O) groups is 1. The molecule has 1 amide bonds. The molecule has 1 N–H and O–H groups in total. The summed E-state index contributed by atoms with van der Waals surface area (Å²) >= 11 is 0. The van der Waals surface area contributed by atoms with Gasteiger partial charge in [-0.2, -0.15) is 0 Å². The van der Waals surface area contributed by atoms with Gasteiger partial charge in [0.2, 0.25) is 5.91 Å². The van der Waals surface area contributed by atoms with Crippen molar-refractivity contribution in [3.05, 3.63) is 70.8 Å². The van der Waals surface area contributed by atoms with Gasteiger partial charge in [0.1, 0.15) is 0 Å². The molecule has 1 fully saturated rings. The van der Waals surface area contributed by atoms with Crippen molar-refractivity contribution in [2.75, 3.05) is 0 Å². The van der Waals surface area contributed by atoms with E-state index in [0.29, 0.717) is 23.8 Å². The van der Waals surface area contributed by atoms with Crippen LogP contribution in [0.2, 0.25) is 0 Å². The van der Waals surface area contributed by atoms with Gasteiger partial charge in [0.25, 0.3) is 0 Å². The van der Waals surface area contributed by atoms with Crippen molar-refractivity contribution in [2.45, 2.75) is 69.7 Å². The van der Waals surface area contributed by atoms with Crippen LogP contribution >= 0.6 is 0 Å². The molecular weight excluding hydrogens is 342 g/mol. The Morgan fingerprint density at radius 2 is 1.39 bits per heavy atom. The summed E-state index contributed by atoms with van der Waals surface area (Å²) in [6, 6.07) is 18.2. The molecule has 0 spiro atoms. The van der Waals surface area contributed by atoms with Crippen molar-refractivity contribution in [1.82, 2.24) is 5.32 Å². The lowest BCUT2D eigenvalue weighted by molar-refractivity contribution is -0.129. The van der Waals surface area contributed by atoms with Gasteiger partial charge in [0.05, 0.1) is 5.92 Å². The standard InChI is InChI=1S/C26H31NO/c1-2-10-22-23-18-13-6-8-15-20(18)24(21-16-9-7-14-19(21)23)25(22)26(28)27-17-11-4-3-5-12-17/h6-9,13-17,22-25H,2-5,10-12H2,1H3,(H,27,28)/t22-,23?,24?,25-/m1/s1. The summed E-state index contributed by atoms with van der Waals surface area (Å²) in [4.78, 5) is 13.6. The maximum atomic E-state index is 13.6. The zero-order chi connectivity index (χ0) is 19.1. The summed E-state index contributed by atoms with van der Waals surface area (Å²) in [5.41, 5.74) is 5.71. The van der Waals surface area contributed by atoms with E-state index in [0.717, 1.165) is 25.7 Å². The van der Waals surface area contributed by atoms with Crippen molar-refractivity contribution >= 4 is 5.91 Å². The molecule has 28 heavy (non-hydrogen) atoms. The minimum Gasteiger partial charge on any atom is -0.353 e. The lowest BCUT2D eigenvalue weighted by atomic mass is 9.53. The van der Waals surface area contributed by atoms with E-state index in [-0.39, 0.29) is 11.8 Å². The lowest BCUT2D eigenvalue weighted by Gasteiger charge is -2.50. The maximum absolute atomic E-state index is 13.6. The van der Waals surface area contributed by atoms with E-state index in [2.05, 4.69) is 60.8 Å². The first kappa shape index (κ1) is 18.0. The average Bonchev–Trinajstić information content (AvgIpc) is 2.74. The molecule has 2 aromatic rings. The molecule has 1 saturated carbocycles. The van der Waals surface area contributed by atoms with Crippen LogP contribution in [0, 0.1) is 11.8 Å². The SMILES string of the molecule is CCC[C@@H]1C2c3ccccc3C(c3ccccc32)[C@@H]1C(=O)NC1CCCCC1. The summed E-state index contributed by atoms with van der Waals surface area (Å²) in [5, 5.41) is 3.48. The number of fused-ring (bicyclic) bond motifs is 1. The highest BCUT2D eigenvalue weighted by Gasteiger charge is 2.51. The van der Waals surface area contributed by atoms with Crippen LogP contribution in [0.4, 0.5) is 0 Å². The predicted molar refractivity (Wildman–Crippen MR) is 113 cm³/mol. The summed E-state index contributed by atoms with van der Waals surface area (Å²) in [6.07, 6.45) is 8.38. The minimum atomic E-state index is 0.0664. The Labute approximate surface area is 168 Å². The van der Waals surface area contributed by atoms with Crippen LogP contribution in [0.3, 0.4) is 0 Å². The largest absolute Gasteiger partial charge is 0.353 e. The number of hydrogen-bond acceptors (Lipinski definition) is 1. The maximum Gasteiger partial charge on any atom is 0.224 e. The molecule has 2 nitrogen and oxygen atoms in total. The second-order valence-electron chi connectivity index (χ2n) is 9.04.